The standard InChI is InChI=1S/C23H29N3O3/c1-7-20(27)26(19-12-10-17(11-13-19)16(2)29-6)21(18-9-8-14-24-15-18)22(28)25-23(3,4)5/h7-16,21H,1H2,2-6H3,(H,25,28). The van der Waals surface area contributed by atoms with Crippen molar-refractivity contribution >= 4 is 17.5 Å². The van der Waals surface area contributed by atoms with Crippen LogP contribution >= 0.6 is 0 Å². The summed E-state index contributed by atoms with van der Waals surface area (Å²) in [6.07, 6.45) is 4.35. The lowest BCUT2D eigenvalue weighted by atomic mass is 10.0. The van der Waals surface area contributed by atoms with Crippen LogP contribution in [0.1, 0.15) is 51.0 Å². The molecule has 29 heavy (non-hydrogen) atoms. The third-order valence-corrected chi connectivity index (χ3v) is 4.41. The summed E-state index contributed by atoms with van der Waals surface area (Å²) in [7, 11) is 1.64. The highest BCUT2D eigenvalue weighted by molar-refractivity contribution is 6.06. The molecule has 0 aliphatic heterocycles. The van der Waals surface area contributed by atoms with Gasteiger partial charge in [-0.05, 0) is 57.5 Å². The van der Waals surface area contributed by atoms with Crippen LogP contribution in [0.5, 0.6) is 0 Å². The van der Waals surface area contributed by atoms with E-state index in [2.05, 4.69) is 16.9 Å². The van der Waals surface area contributed by atoms with Crippen molar-refractivity contribution in [2.24, 2.45) is 0 Å². The fourth-order valence-corrected chi connectivity index (χ4v) is 2.94. The number of pyridine rings is 1. The Kier molecular flexibility index (Phi) is 7.29. The number of methoxy groups -OCH3 is 1. The summed E-state index contributed by atoms with van der Waals surface area (Å²) in [6, 6.07) is 10.0. The first-order valence-corrected chi connectivity index (χ1v) is 9.48. The zero-order valence-electron chi connectivity index (χ0n) is 17.7. The molecule has 1 heterocycles. The van der Waals surface area contributed by atoms with E-state index in [1.54, 1.807) is 43.8 Å². The molecule has 0 radical (unpaired) electrons. The van der Waals surface area contributed by atoms with E-state index in [0.717, 1.165) is 5.56 Å². The Morgan fingerprint density at radius 1 is 1.17 bits per heavy atom. The van der Waals surface area contributed by atoms with Gasteiger partial charge >= 0.3 is 0 Å². The number of carbonyl (C=O) groups is 2. The number of nitrogens with one attached hydrogen (secondary N) is 1. The molecule has 6 heteroatoms. The van der Waals surface area contributed by atoms with Crippen LogP contribution in [0.25, 0.3) is 0 Å². The van der Waals surface area contributed by atoms with Gasteiger partial charge < -0.3 is 10.1 Å². The molecule has 0 aliphatic rings. The summed E-state index contributed by atoms with van der Waals surface area (Å²) < 4.78 is 5.35. The molecule has 2 amide bonds. The first-order valence-electron chi connectivity index (χ1n) is 9.48. The third-order valence-electron chi connectivity index (χ3n) is 4.41. The maximum atomic E-state index is 13.2. The number of aromatic nitrogens is 1. The van der Waals surface area contributed by atoms with Gasteiger partial charge in [-0.2, -0.15) is 0 Å². The van der Waals surface area contributed by atoms with Crippen molar-refractivity contribution in [3.63, 3.8) is 0 Å². The largest absolute Gasteiger partial charge is 0.377 e. The summed E-state index contributed by atoms with van der Waals surface area (Å²) in [5.41, 5.74) is 1.70. The number of amides is 2. The molecule has 0 fully saturated rings. The van der Waals surface area contributed by atoms with Crippen LogP contribution in [-0.4, -0.2) is 29.4 Å². The van der Waals surface area contributed by atoms with Crippen molar-refractivity contribution in [2.75, 3.05) is 12.0 Å². The fraction of sp³-hybridized carbons (Fsp3) is 0.348. The Bertz CT molecular complexity index is 842. The van der Waals surface area contributed by atoms with E-state index in [1.807, 2.05) is 39.8 Å². The molecule has 2 unspecified atom stereocenters. The summed E-state index contributed by atoms with van der Waals surface area (Å²) in [5, 5.41) is 2.97. The topological polar surface area (TPSA) is 71.5 Å². The van der Waals surface area contributed by atoms with E-state index in [9.17, 15) is 9.59 Å². The molecule has 0 bridgehead atoms. The molecule has 1 aromatic carbocycles. The fourth-order valence-electron chi connectivity index (χ4n) is 2.94. The second kappa shape index (κ2) is 9.47. The first-order chi connectivity index (χ1) is 13.7. The van der Waals surface area contributed by atoms with E-state index in [-0.39, 0.29) is 17.9 Å². The summed E-state index contributed by atoms with van der Waals surface area (Å²) in [4.78, 5) is 31.7. The van der Waals surface area contributed by atoms with Gasteiger partial charge in [0.1, 0.15) is 6.04 Å². The Labute approximate surface area is 172 Å². The van der Waals surface area contributed by atoms with Gasteiger partial charge in [-0.1, -0.05) is 24.8 Å². The Morgan fingerprint density at radius 2 is 1.83 bits per heavy atom. The maximum absolute atomic E-state index is 13.2. The van der Waals surface area contributed by atoms with Crippen molar-refractivity contribution in [3.8, 4) is 0 Å². The number of hydrogen-bond donors (Lipinski definition) is 1. The SMILES string of the molecule is C=CC(=O)N(c1ccc(C(C)OC)cc1)C(C(=O)NC(C)(C)C)c1cccnc1. The summed E-state index contributed by atoms with van der Waals surface area (Å²) in [6.45, 7) is 11.2. The average molecular weight is 396 g/mol. The van der Waals surface area contributed by atoms with Crippen molar-refractivity contribution in [1.29, 1.82) is 0 Å². The zero-order chi connectivity index (χ0) is 21.6. The van der Waals surface area contributed by atoms with E-state index in [4.69, 9.17) is 4.74 Å². The minimum atomic E-state index is -0.890. The highest BCUT2D eigenvalue weighted by Gasteiger charge is 2.33. The van der Waals surface area contributed by atoms with Crippen molar-refractivity contribution in [1.82, 2.24) is 10.3 Å². The first kappa shape index (κ1) is 22.3. The highest BCUT2D eigenvalue weighted by atomic mass is 16.5. The van der Waals surface area contributed by atoms with Gasteiger partial charge in [-0.3, -0.25) is 19.5 Å². The quantitative estimate of drug-likeness (QED) is 0.720. The molecule has 1 N–H and O–H groups in total. The Balaban J connectivity index is 2.55. The van der Waals surface area contributed by atoms with Gasteiger partial charge in [0.2, 0.25) is 5.91 Å². The minimum absolute atomic E-state index is 0.0779. The van der Waals surface area contributed by atoms with Crippen molar-refractivity contribution in [3.05, 3.63) is 72.6 Å². The van der Waals surface area contributed by atoms with Crippen LogP contribution in [0.15, 0.2) is 61.4 Å². The van der Waals surface area contributed by atoms with Crippen molar-refractivity contribution in [2.45, 2.75) is 45.4 Å². The predicted octanol–water partition coefficient (Wildman–Crippen LogP) is 3.96. The molecule has 0 spiro atoms. The molecule has 2 aromatic rings. The summed E-state index contributed by atoms with van der Waals surface area (Å²) in [5.74, 6) is -0.675. The molecular formula is C23H29N3O3. The van der Waals surface area contributed by atoms with Gasteiger partial charge in [-0.25, -0.2) is 0 Å². The molecule has 1 aromatic heterocycles. The summed E-state index contributed by atoms with van der Waals surface area (Å²) >= 11 is 0. The lowest BCUT2D eigenvalue weighted by Crippen LogP contribution is -2.49. The molecule has 2 rings (SSSR count). The van der Waals surface area contributed by atoms with Crippen LogP contribution in [0.4, 0.5) is 5.69 Å². The number of nitrogens with zero attached hydrogens (tertiary/aromatic N) is 2. The van der Waals surface area contributed by atoms with E-state index in [0.29, 0.717) is 11.3 Å². The maximum Gasteiger partial charge on any atom is 0.251 e. The molecule has 6 nitrogen and oxygen atoms in total. The number of anilines is 1. The van der Waals surface area contributed by atoms with Gasteiger partial charge in [0.15, 0.2) is 0 Å². The molecule has 154 valence electrons. The van der Waals surface area contributed by atoms with Crippen LogP contribution in [0, 0.1) is 0 Å². The molecule has 0 aliphatic carbocycles. The van der Waals surface area contributed by atoms with Crippen molar-refractivity contribution < 1.29 is 14.3 Å². The number of rotatable bonds is 7. The lowest BCUT2D eigenvalue weighted by molar-refractivity contribution is -0.126. The van der Waals surface area contributed by atoms with Crippen LogP contribution < -0.4 is 10.2 Å². The lowest BCUT2D eigenvalue weighted by Gasteiger charge is -2.33. The molecule has 0 saturated heterocycles. The molecule has 2 atom stereocenters. The van der Waals surface area contributed by atoms with Crippen LogP contribution in [-0.2, 0) is 14.3 Å². The second-order valence-corrected chi connectivity index (χ2v) is 7.81. The molecule has 0 saturated carbocycles. The van der Waals surface area contributed by atoms with Gasteiger partial charge in [0, 0.05) is 36.3 Å². The van der Waals surface area contributed by atoms with Gasteiger partial charge in [0.05, 0.1) is 6.10 Å². The third kappa shape index (κ3) is 5.74. The number of carbonyl (C=O) groups excluding carboxylic acids is 2. The van der Waals surface area contributed by atoms with Crippen LogP contribution in [0.2, 0.25) is 0 Å². The number of ether oxygens (including phenoxy) is 1. The van der Waals surface area contributed by atoms with Gasteiger partial charge in [0.25, 0.3) is 5.91 Å². The second-order valence-electron chi connectivity index (χ2n) is 7.81. The zero-order valence-corrected chi connectivity index (χ0v) is 17.7. The van der Waals surface area contributed by atoms with Crippen LogP contribution in [0.3, 0.4) is 0 Å². The normalized spacial score (nSPS) is 13.3. The average Bonchev–Trinajstić information content (AvgIpc) is 2.70. The monoisotopic (exact) mass is 395 g/mol. The van der Waals surface area contributed by atoms with E-state index < -0.39 is 11.6 Å². The van der Waals surface area contributed by atoms with Gasteiger partial charge in [-0.15, -0.1) is 0 Å². The predicted molar refractivity (Wildman–Crippen MR) is 114 cm³/mol. The number of benzene rings is 1. The molecular weight excluding hydrogens is 366 g/mol. The van der Waals surface area contributed by atoms with E-state index >= 15 is 0 Å². The Morgan fingerprint density at radius 3 is 2.31 bits per heavy atom. The van der Waals surface area contributed by atoms with E-state index in [1.165, 1.54) is 11.0 Å². The Hall–Kier alpha value is -2.99. The smallest absolute Gasteiger partial charge is 0.251 e. The minimum Gasteiger partial charge on any atom is -0.377 e. The number of hydrogen-bond acceptors (Lipinski definition) is 4. The highest BCUT2D eigenvalue weighted by Crippen LogP contribution is 2.30.